The molecule has 162 valence electrons. The van der Waals surface area contributed by atoms with E-state index in [4.69, 9.17) is 9.47 Å². The third-order valence-electron chi connectivity index (χ3n) is 5.42. The first-order valence-corrected chi connectivity index (χ1v) is 10.5. The molecule has 1 aromatic heterocycles. The van der Waals surface area contributed by atoms with E-state index in [1.54, 1.807) is 19.2 Å². The normalized spacial score (nSPS) is 15.4. The van der Waals surface area contributed by atoms with E-state index in [9.17, 15) is 9.90 Å². The van der Waals surface area contributed by atoms with Crippen molar-refractivity contribution in [2.24, 2.45) is 0 Å². The van der Waals surface area contributed by atoms with Crippen molar-refractivity contribution in [3.05, 3.63) is 65.4 Å². The van der Waals surface area contributed by atoms with Crippen molar-refractivity contribution < 1.29 is 19.4 Å². The fourth-order valence-corrected chi connectivity index (χ4v) is 4.03. The number of amides is 1. The van der Waals surface area contributed by atoms with E-state index >= 15 is 0 Å². The lowest BCUT2D eigenvalue weighted by atomic mass is 9.95. The number of carbonyl (C=O) groups excluding carboxylic acids is 1. The number of hydrogen-bond acceptors (Lipinski definition) is 5. The Kier molecular flexibility index (Phi) is 6.23. The van der Waals surface area contributed by atoms with E-state index in [1.807, 2.05) is 41.3 Å². The van der Waals surface area contributed by atoms with Gasteiger partial charge >= 0.3 is 0 Å². The Balaban J connectivity index is 1.80. The molecule has 2 aromatic carbocycles. The maximum absolute atomic E-state index is 13.3. The van der Waals surface area contributed by atoms with Crippen molar-refractivity contribution >= 4 is 5.91 Å². The number of aromatic hydroxyl groups is 1. The van der Waals surface area contributed by atoms with Crippen molar-refractivity contribution in [2.75, 3.05) is 26.9 Å². The SMILES string of the molecule is CCCOc1cccc(C2c3c(-c4ccccc4O)n[nH]c3C(=O)N2CCCOC)c1. The summed E-state index contributed by atoms with van der Waals surface area (Å²) >= 11 is 0. The van der Waals surface area contributed by atoms with Crippen LogP contribution in [0.3, 0.4) is 0 Å². The Morgan fingerprint density at radius 1 is 1.16 bits per heavy atom. The van der Waals surface area contributed by atoms with Gasteiger partial charge in [-0.15, -0.1) is 0 Å². The Hall–Kier alpha value is -3.32. The summed E-state index contributed by atoms with van der Waals surface area (Å²) in [7, 11) is 1.65. The first-order chi connectivity index (χ1) is 15.2. The van der Waals surface area contributed by atoms with Crippen molar-refractivity contribution in [1.29, 1.82) is 0 Å². The minimum atomic E-state index is -0.335. The maximum atomic E-state index is 13.3. The van der Waals surface area contributed by atoms with Crippen LogP contribution in [0.2, 0.25) is 0 Å². The molecular weight excluding hydrogens is 394 g/mol. The molecule has 1 aliphatic rings. The van der Waals surface area contributed by atoms with Crippen LogP contribution in [0, 0.1) is 0 Å². The van der Waals surface area contributed by atoms with Crippen LogP contribution in [-0.4, -0.2) is 53.0 Å². The highest BCUT2D eigenvalue weighted by molar-refractivity contribution is 6.00. The lowest BCUT2D eigenvalue weighted by Gasteiger charge is -2.26. The molecule has 1 amide bonds. The summed E-state index contributed by atoms with van der Waals surface area (Å²) in [6, 6.07) is 14.5. The summed E-state index contributed by atoms with van der Waals surface area (Å²) in [5.74, 6) is 0.788. The van der Waals surface area contributed by atoms with Crippen molar-refractivity contribution in [3.8, 4) is 22.8 Å². The van der Waals surface area contributed by atoms with E-state index in [1.165, 1.54) is 0 Å². The topological polar surface area (TPSA) is 87.7 Å². The summed E-state index contributed by atoms with van der Waals surface area (Å²) in [5.41, 5.74) is 3.35. The van der Waals surface area contributed by atoms with Crippen LogP contribution in [0.15, 0.2) is 48.5 Å². The molecule has 0 saturated carbocycles. The van der Waals surface area contributed by atoms with Crippen LogP contribution in [-0.2, 0) is 4.74 Å². The molecule has 2 N–H and O–H groups in total. The summed E-state index contributed by atoms with van der Waals surface area (Å²) in [6.45, 7) is 3.80. The number of H-pyrrole nitrogens is 1. The number of rotatable bonds is 9. The van der Waals surface area contributed by atoms with Gasteiger partial charge in [0.05, 0.1) is 12.6 Å². The van der Waals surface area contributed by atoms with Crippen molar-refractivity contribution in [2.45, 2.75) is 25.8 Å². The van der Waals surface area contributed by atoms with Crippen LogP contribution >= 0.6 is 0 Å². The fourth-order valence-electron chi connectivity index (χ4n) is 4.03. The zero-order chi connectivity index (χ0) is 21.8. The van der Waals surface area contributed by atoms with Crippen LogP contribution in [0.4, 0.5) is 0 Å². The molecule has 3 aromatic rings. The molecule has 1 aliphatic heterocycles. The largest absolute Gasteiger partial charge is 0.507 e. The maximum Gasteiger partial charge on any atom is 0.273 e. The average Bonchev–Trinajstić information content (AvgIpc) is 3.32. The zero-order valence-electron chi connectivity index (χ0n) is 17.8. The first kappa shape index (κ1) is 20.9. The second-order valence-electron chi connectivity index (χ2n) is 7.55. The number of aromatic nitrogens is 2. The second-order valence-corrected chi connectivity index (χ2v) is 7.55. The van der Waals surface area contributed by atoms with E-state index < -0.39 is 0 Å². The minimum Gasteiger partial charge on any atom is -0.507 e. The number of nitrogens with one attached hydrogen (secondary N) is 1. The monoisotopic (exact) mass is 421 g/mol. The second kappa shape index (κ2) is 9.22. The summed E-state index contributed by atoms with van der Waals surface area (Å²) < 4.78 is 11.0. The molecule has 0 bridgehead atoms. The van der Waals surface area contributed by atoms with Gasteiger partial charge in [-0.1, -0.05) is 31.2 Å². The van der Waals surface area contributed by atoms with Gasteiger partial charge in [0.1, 0.15) is 22.9 Å². The number of hydrogen-bond donors (Lipinski definition) is 2. The van der Waals surface area contributed by atoms with Gasteiger partial charge in [-0.05, 0) is 42.7 Å². The standard InChI is InChI=1S/C24H27N3O4/c1-3-13-31-17-9-6-8-16(15-17)23-20-21(18-10-4-5-11-19(18)28)25-26-22(20)24(29)27(23)12-7-14-30-2/h4-6,8-11,15,23,28H,3,7,12-14H2,1-2H3,(H,25,26). The Morgan fingerprint density at radius 3 is 2.77 bits per heavy atom. The van der Waals surface area contributed by atoms with E-state index in [0.29, 0.717) is 43.1 Å². The number of methoxy groups -OCH3 is 1. The molecule has 0 fully saturated rings. The molecule has 1 unspecified atom stereocenters. The summed E-state index contributed by atoms with van der Waals surface area (Å²) in [6.07, 6.45) is 1.63. The smallest absolute Gasteiger partial charge is 0.273 e. The first-order valence-electron chi connectivity index (χ1n) is 10.5. The van der Waals surface area contributed by atoms with E-state index in [-0.39, 0.29) is 17.7 Å². The van der Waals surface area contributed by atoms with Gasteiger partial charge < -0.3 is 19.5 Å². The van der Waals surface area contributed by atoms with E-state index in [0.717, 1.165) is 23.3 Å². The van der Waals surface area contributed by atoms with Crippen molar-refractivity contribution in [1.82, 2.24) is 15.1 Å². The highest BCUT2D eigenvalue weighted by Gasteiger charge is 2.42. The third kappa shape index (κ3) is 4.01. The number of benzene rings is 2. The van der Waals surface area contributed by atoms with Crippen LogP contribution in [0.5, 0.6) is 11.5 Å². The molecule has 7 heteroatoms. The highest BCUT2D eigenvalue weighted by Crippen LogP contribution is 2.44. The van der Waals surface area contributed by atoms with Gasteiger partial charge in [0.25, 0.3) is 5.91 Å². The number of nitrogens with zero attached hydrogens (tertiary/aromatic N) is 2. The number of carbonyl (C=O) groups is 1. The lowest BCUT2D eigenvalue weighted by molar-refractivity contribution is 0.0723. The average molecular weight is 421 g/mol. The molecule has 2 heterocycles. The molecule has 7 nitrogen and oxygen atoms in total. The predicted octanol–water partition coefficient (Wildman–Crippen LogP) is 4.15. The number of ether oxygens (including phenoxy) is 2. The van der Waals surface area contributed by atoms with Crippen LogP contribution in [0.1, 0.15) is 47.4 Å². The lowest BCUT2D eigenvalue weighted by Crippen LogP contribution is -2.31. The summed E-state index contributed by atoms with van der Waals surface area (Å²) in [5, 5.41) is 17.8. The van der Waals surface area contributed by atoms with Gasteiger partial charge in [0.2, 0.25) is 0 Å². The molecular formula is C24H27N3O4. The molecule has 4 rings (SSSR count). The zero-order valence-corrected chi connectivity index (χ0v) is 17.8. The van der Waals surface area contributed by atoms with Gasteiger partial charge in [0, 0.05) is 31.4 Å². The number of phenolic OH excluding ortho intramolecular Hbond substituents is 1. The number of para-hydroxylation sites is 1. The van der Waals surface area contributed by atoms with E-state index in [2.05, 4.69) is 17.1 Å². The molecule has 1 atom stereocenters. The summed E-state index contributed by atoms with van der Waals surface area (Å²) in [4.78, 5) is 15.1. The number of fused-ring (bicyclic) bond motifs is 1. The van der Waals surface area contributed by atoms with Crippen molar-refractivity contribution in [3.63, 3.8) is 0 Å². The Morgan fingerprint density at radius 2 is 2.00 bits per heavy atom. The van der Waals surface area contributed by atoms with Gasteiger partial charge in [-0.3, -0.25) is 9.89 Å². The molecule has 31 heavy (non-hydrogen) atoms. The molecule has 0 spiro atoms. The fraction of sp³-hybridized carbons (Fsp3) is 0.333. The molecule has 0 aliphatic carbocycles. The molecule has 0 saturated heterocycles. The number of aromatic amines is 1. The highest BCUT2D eigenvalue weighted by atomic mass is 16.5. The third-order valence-corrected chi connectivity index (χ3v) is 5.42. The van der Waals surface area contributed by atoms with Crippen LogP contribution < -0.4 is 4.74 Å². The van der Waals surface area contributed by atoms with Gasteiger partial charge in [-0.2, -0.15) is 5.10 Å². The predicted molar refractivity (Wildman–Crippen MR) is 117 cm³/mol. The quantitative estimate of drug-likeness (QED) is 0.507. The minimum absolute atomic E-state index is 0.106. The van der Waals surface area contributed by atoms with Gasteiger partial charge in [0.15, 0.2) is 0 Å². The van der Waals surface area contributed by atoms with Gasteiger partial charge in [-0.25, -0.2) is 0 Å². The Bertz CT molecular complexity index is 1060. The Labute approximate surface area is 181 Å². The molecule has 0 radical (unpaired) electrons. The van der Waals surface area contributed by atoms with Crippen LogP contribution in [0.25, 0.3) is 11.3 Å². The number of phenols is 1.